The van der Waals surface area contributed by atoms with Gasteiger partial charge in [-0.25, -0.2) is 8.42 Å². The van der Waals surface area contributed by atoms with Gasteiger partial charge in [0.25, 0.3) is 0 Å². The summed E-state index contributed by atoms with van der Waals surface area (Å²) >= 11 is 0. The van der Waals surface area contributed by atoms with Crippen LogP contribution in [0.3, 0.4) is 0 Å². The molecule has 14 heavy (non-hydrogen) atoms. The van der Waals surface area contributed by atoms with E-state index in [4.69, 9.17) is 0 Å². The zero-order valence-corrected chi connectivity index (χ0v) is 8.30. The molecular formula is C8H9N3O2S. The second kappa shape index (κ2) is 2.98. The summed E-state index contributed by atoms with van der Waals surface area (Å²) in [5.41, 5.74) is 2.07. The quantitative estimate of drug-likeness (QED) is 0.776. The summed E-state index contributed by atoms with van der Waals surface area (Å²) in [7, 11) is -3.23. The van der Waals surface area contributed by atoms with Crippen LogP contribution in [0.25, 0.3) is 11.0 Å². The van der Waals surface area contributed by atoms with Crippen LogP contribution in [-0.4, -0.2) is 24.6 Å². The van der Waals surface area contributed by atoms with Crippen LogP contribution in [0.1, 0.15) is 0 Å². The molecular weight excluding hydrogens is 202 g/mol. The van der Waals surface area contributed by atoms with Gasteiger partial charge < -0.3 is 4.98 Å². The van der Waals surface area contributed by atoms with Crippen LogP contribution < -0.4 is 4.72 Å². The molecule has 0 aliphatic carbocycles. The number of nitrogens with zero attached hydrogens (tertiary/aromatic N) is 1. The number of hydrogen-bond acceptors (Lipinski definition) is 3. The fourth-order valence-corrected chi connectivity index (χ4v) is 1.74. The predicted molar refractivity (Wildman–Crippen MR) is 54.6 cm³/mol. The molecule has 0 bridgehead atoms. The Morgan fingerprint density at radius 2 is 2.29 bits per heavy atom. The molecule has 0 fully saturated rings. The lowest BCUT2D eigenvalue weighted by Gasteiger charge is -2.02. The first-order chi connectivity index (χ1) is 6.54. The highest BCUT2D eigenvalue weighted by atomic mass is 32.2. The van der Waals surface area contributed by atoms with Gasteiger partial charge in [-0.15, -0.1) is 0 Å². The largest absolute Gasteiger partial charge is 0.360 e. The van der Waals surface area contributed by atoms with Crippen molar-refractivity contribution in [1.29, 1.82) is 0 Å². The van der Waals surface area contributed by atoms with Crippen LogP contribution in [0.2, 0.25) is 0 Å². The van der Waals surface area contributed by atoms with Crippen molar-refractivity contribution in [2.75, 3.05) is 11.0 Å². The predicted octanol–water partition coefficient (Wildman–Crippen LogP) is 0.934. The van der Waals surface area contributed by atoms with Gasteiger partial charge in [0.05, 0.1) is 29.2 Å². The smallest absolute Gasteiger partial charge is 0.229 e. The van der Waals surface area contributed by atoms with E-state index in [1.54, 1.807) is 12.3 Å². The van der Waals surface area contributed by atoms with Gasteiger partial charge in [0.1, 0.15) is 0 Å². The van der Waals surface area contributed by atoms with Crippen molar-refractivity contribution in [2.24, 2.45) is 0 Å². The number of anilines is 1. The van der Waals surface area contributed by atoms with Crippen molar-refractivity contribution in [1.82, 2.24) is 9.97 Å². The number of aromatic nitrogens is 2. The summed E-state index contributed by atoms with van der Waals surface area (Å²) in [6.07, 6.45) is 4.34. The van der Waals surface area contributed by atoms with Gasteiger partial charge in [-0.05, 0) is 12.1 Å². The lowest BCUT2D eigenvalue weighted by Crippen LogP contribution is -2.09. The number of nitrogens with one attached hydrogen (secondary N) is 2. The lowest BCUT2D eigenvalue weighted by atomic mass is 10.3. The molecule has 0 radical (unpaired) electrons. The molecule has 2 aromatic heterocycles. The summed E-state index contributed by atoms with van der Waals surface area (Å²) in [6, 6.07) is 3.52. The first-order valence-corrected chi connectivity index (χ1v) is 5.85. The van der Waals surface area contributed by atoms with E-state index in [0.717, 1.165) is 17.3 Å². The summed E-state index contributed by atoms with van der Waals surface area (Å²) in [5.74, 6) is 0. The second-order valence-electron chi connectivity index (χ2n) is 3.01. The summed E-state index contributed by atoms with van der Waals surface area (Å²) < 4.78 is 24.2. The number of sulfonamides is 1. The van der Waals surface area contributed by atoms with E-state index in [0.29, 0.717) is 5.69 Å². The maximum absolute atomic E-state index is 10.9. The van der Waals surface area contributed by atoms with E-state index >= 15 is 0 Å². The lowest BCUT2D eigenvalue weighted by molar-refractivity contribution is 0.607. The topological polar surface area (TPSA) is 74.8 Å². The Labute approximate surface area is 81.2 Å². The minimum Gasteiger partial charge on any atom is -0.360 e. The van der Waals surface area contributed by atoms with Gasteiger partial charge in [-0.1, -0.05) is 0 Å². The number of rotatable bonds is 2. The highest BCUT2D eigenvalue weighted by Crippen LogP contribution is 2.15. The maximum Gasteiger partial charge on any atom is 0.229 e. The SMILES string of the molecule is CS(=O)(=O)Nc1cnc2cc[nH]c2c1. The Bertz CT molecular complexity index is 559. The third kappa shape index (κ3) is 1.85. The van der Waals surface area contributed by atoms with Gasteiger partial charge in [0, 0.05) is 6.20 Å². The number of H-pyrrole nitrogens is 1. The van der Waals surface area contributed by atoms with E-state index in [2.05, 4.69) is 14.7 Å². The maximum atomic E-state index is 10.9. The molecule has 0 amide bonds. The first kappa shape index (κ1) is 9.01. The molecule has 0 saturated carbocycles. The Hall–Kier alpha value is -1.56. The van der Waals surface area contributed by atoms with E-state index < -0.39 is 10.0 Å². The molecule has 2 aromatic rings. The average molecular weight is 211 g/mol. The van der Waals surface area contributed by atoms with Crippen molar-refractivity contribution in [2.45, 2.75) is 0 Å². The van der Waals surface area contributed by atoms with Crippen molar-refractivity contribution in [3.63, 3.8) is 0 Å². The molecule has 2 heterocycles. The summed E-state index contributed by atoms with van der Waals surface area (Å²) in [6.45, 7) is 0. The van der Waals surface area contributed by atoms with Gasteiger partial charge in [0.2, 0.25) is 10.0 Å². The monoisotopic (exact) mass is 211 g/mol. The second-order valence-corrected chi connectivity index (χ2v) is 4.76. The van der Waals surface area contributed by atoms with Crippen LogP contribution in [-0.2, 0) is 10.0 Å². The van der Waals surface area contributed by atoms with Crippen LogP contribution >= 0.6 is 0 Å². The summed E-state index contributed by atoms with van der Waals surface area (Å²) in [4.78, 5) is 7.02. The molecule has 2 rings (SSSR count). The van der Waals surface area contributed by atoms with Crippen molar-refractivity contribution >= 4 is 26.7 Å². The fraction of sp³-hybridized carbons (Fsp3) is 0.125. The molecule has 0 aliphatic rings. The van der Waals surface area contributed by atoms with E-state index in [1.165, 1.54) is 6.20 Å². The van der Waals surface area contributed by atoms with Gasteiger partial charge in [0.15, 0.2) is 0 Å². The Kier molecular flexibility index (Phi) is 1.92. The molecule has 0 unspecified atom stereocenters. The number of pyridine rings is 1. The molecule has 74 valence electrons. The highest BCUT2D eigenvalue weighted by molar-refractivity contribution is 7.92. The first-order valence-electron chi connectivity index (χ1n) is 3.95. The Morgan fingerprint density at radius 3 is 3.00 bits per heavy atom. The molecule has 0 saturated heterocycles. The average Bonchev–Trinajstić information content (AvgIpc) is 2.47. The molecule has 5 nitrogen and oxygen atoms in total. The molecule has 0 spiro atoms. The number of aromatic amines is 1. The van der Waals surface area contributed by atoms with Crippen LogP contribution in [0.4, 0.5) is 5.69 Å². The third-order valence-electron chi connectivity index (χ3n) is 1.70. The molecule has 0 atom stereocenters. The number of fused-ring (bicyclic) bond motifs is 1. The van der Waals surface area contributed by atoms with E-state index in [1.807, 2.05) is 6.07 Å². The Morgan fingerprint density at radius 1 is 1.50 bits per heavy atom. The molecule has 2 N–H and O–H groups in total. The van der Waals surface area contributed by atoms with Crippen molar-refractivity contribution in [3.05, 3.63) is 24.5 Å². The van der Waals surface area contributed by atoms with Gasteiger partial charge >= 0.3 is 0 Å². The molecule has 6 heteroatoms. The normalized spacial score (nSPS) is 11.8. The minimum atomic E-state index is -3.23. The molecule has 0 aromatic carbocycles. The standard InChI is InChI=1S/C8H9N3O2S/c1-14(12,13)11-6-4-8-7(10-5-6)2-3-9-8/h2-5,9,11H,1H3. The van der Waals surface area contributed by atoms with Crippen LogP contribution in [0, 0.1) is 0 Å². The van der Waals surface area contributed by atoms with Gasteiger partial charge in [-0.2, -0.15) is 0 Å². The van der Waals surface area contributed by atoms with Crippen LogP contribution in [0.5, 0.6) is 0 Å². The third-order valence-corrected chi connectivity index (χ3v) is 2.31. The molecule has 0 aliphatic heterocycles. The van der Waals surface area contributed by atoms with Crippen molar-refractivity contribution in [3.8, 4) is 0 Å². The zero-order valence-electron chi connectivity index (χ0n) is 7.48. The Balaban J connectivity index is 2.44. The van der Waals surface area contributed by atoms with Crippen LogP contribution in [0.15, 0.2) is 24.5 Å². The fourth-order valence-electron chi connectivity index (χ4n) is 1.20. The number of hydrogen-bond donors (Lipinski definition) is 2. The minimum absolute atomic E-state index is 0.461. The van der Waals surface area contributed by atoms with E-state index in [9.17, 15) is 8.42 Å². The zero-order chi connectivity index (χ0) is 10.2. The highest BCUT2D eigenvalue weighted by Gasteiger charge is 2.03. The van der Waals surface area contributed by atoms with Gasteiger partial charge in [-0.3, -0.25) is 9.71 Å². The summed E-state index contributed by atoms with van der Waals surface area (Å²) in [5, 5.41) is 0. The van der Waals surface area contributed by atoms with E-state index in [-0.39, 0.29) is 0 Å². The van der Waals surface area contributed by atoms with Crippen molar-refractivity contribution < 1.29 is 8.42 Å².